The number of rotatable bonds is 5. The first-order valence-electron chi connectivity index (χ1n) is 8.80. The van der Waals surface area contributed by atoms with Crippen LogP contribution in [0.3, 0.4) is 0 Å². The van der Waals surface area contributed by atoms with E-state index < -0.39 is 17.3 Å². The summed E-state index contributed by atoms with van der Waals surface area (Å²) < 4.78 is 39.8. The second-order valence-corrected chi connectivity index (χ2v) is 7.47. The van der Waals surface area contributed by atoms with Gasteiger partial charge in [0.1, 0.15) is 18.3 Å². The summed E-state index contributed by atoms with van der Waals surface area (Å²) >= 11 is 6.49. The van der Waals surface area contributed by atoms with Crippen molar-refractivity contribution in [2.45, 2.75) is 31.2 Å². The summed E-state index contributed by atoms with van der Waals surface area (Å²) in [5.74, 6) is 0.0751. The maximum absolute atomic E-state index is 12.7. The van der Waals surface area contributed by atoms with E-state index in [1.165, 1.54) is 24.8 Å². The highest BCUT2D eigenvalue weighted by atomic mass is 35.5. The largest absolute Gasteiger partial charge is 0.416 e. The fraction of sp³-hybridized carbons (Fsp3) is 0.300. The van der Waals surface area contributed by atoms with Gasteiger partial charge in [0, 0.05) is 10.6 Å². The molecular weight excluding hydrogens is 391 g/mol. The van der Waals surface area contributed by atoms with E-state index in [9.17, 15) is 18.3 Å². The fourth-order valence-electron chi connectivity index (χ4n) is 3.45. The molecular formula is C20H17ClF3N3O. The van der Waals surface area contributed by atoms with Crippen LogP contribution in [0.15, 0.2) is 55.1 Å². The highest BCUT2D eigenvalue weighted by molar-refractivity contribution is 6.31. The van der Waals surface area contributed by atoms with Crippen molar-refractivity contribution in [2.75, 3.05) is 0 Å². The molecule has 1 heterocycles. The number of aromatic nitrogens is 3. The third kappa shape index (κ3) is 3.64. The summed E-state index contributed by atoms with van der Waals surface area (Å²) in [5, 5.41) is 15.8. The van der Waals surface area contributed by atoms with Gasteiger partial charge in [-0.2, -0.15) is 18.3 Å². The number of hydrogen-bond donors (Lipinski definition) is 1. The SMILES string of the molecule is OC(Cn1cncn1)(c1ccc(-c2ccc(C(F)(F)F)cc2)cc1Cl)C1CC1. The van der Waals surface area contributed by atoms with Gasteiger partial charge in [-0.25, -0.2) is 9.67 Å². The van der Waals surface area contributed by atoms with Gasteiger partial charge < -0.3 is 5.11 Å². The first-order valence-corrected chi connectivity index (χ1v) is 9.17. The minimum Gasteiger partial charge on any atom is -0.383 e. The summed E-state index contributed by atoms with van der Waals surface area (Å²) in [6.45, 7) is 0.233. The molecule has 0 aliphatic heterocycles. The third-order valence-corrected chi connectivity index (χ3v) is 5.42. The minimum absolute atomic E-state index is 0.0751. The van der Waals surface area contributed by atoms with Crippen molar-refractivity contribution in [3.05, 3.63) is 71.3 Å². The molecule has 2 aromatic carbocycles. The molecule has 0 spiro atoms. The maximum atomic E-state index is 12.7. The summed E-state index contributed by atoms with van der Waals surface area (Å²) in [6.07, 6.45) is 0.354. The van der Waals surface area contributed by atoms with Crippen LogP contribution in [0.4, 0.5) is 13.2 Å². The van der Waals surface area contributed by atoms with Gasteiger partial charge in [-0.3, -0.25) is 0 Å². The van der Waals surface area contributed by atoms with Crippen molar-refractivity contribution in [3.8, 4) is 11.1 Å². The van der Waals surface area contributed by atoms with Crippen LogP contribution in [0.1, 0.15) is 24.0 Å². The lowest BCUT2D eigenvalue weighted by Gasteiger charge is -2.29. The van der Waals surface area contributed by atoms with E-state index in [0.29, 0.717) is 21.7 Å². The second kappa shape index (κ2) is 6.90. The predicted molar refractivity (Wildman–Crippen MR) is 98.5 cm³/mol. The zero-order valence-corrected chi connectivity index (χ0v) is 15.5. The van der Waals surface area contributed by atoms with Gasteiger partial charge in [-0.15, -0.1) is 0 Å². The first kappa shape index (κ1) is 19.0. The van der Waals surface area contributed by atoms with E-state index >= 15 is 0 Å². The average molecular weight is 408 g/mol. The van der Waals surface area contributed by atoms with E-state index in [2.05, 4.69) is 10.1 Å². The van der Waals surface area contributed by atoms with Crippen molar-refractivity contribution in [3.63, 3.8) is 0 Å². The molecule has 4 rings (SSSR count). The van der Waals surface area contributed by atoms with E-state index in [4.69, 9.17) is 11.6 Å². The standard InChI is InChI=1S/C20H17ClF3N3O/c21-18-9-14(13-1-4-16(5-2-13)20(22,23)24)3-8-17(18)19(28,15-6-7-15)10-27-12-25-11-26-27/h1-5,8-9,11-12,15,28H,6-7,10H2. The average Bonchev–Trinajstić information content (AvgIpc) is 3.40. The van der Waals surface area contributed by atoms with E-state index in [1.54, 1.807) is 22.9 Å². The Hall–Kier alpha value is -2.38. The molecule has 1 aromatic heterocycles. The fourth-order valence-corrected chi connectivity index (χ4v) is 3.80. The topological polar surface area (TPSA) is 50.9 Å². The Labute approximate surface area is 164 Å². The number of nitrogens with zero attached hydrogens (tertiary/aromatic N) is 3. The van der Waals surface area contributed by atoms with Crippen LogP contribution in [0.5, 0.6) is 0 Å². The lowest BCUT2D eigenvalue weighted by atomic mass is 9.87. The Morgan fingerprint density at radius 1 is 1.07 bits per heavy atom. The molecule has 1 aliphatic carbocycles. The molecule has 28 heavy (non-hydrogen) atoms. The van der Waals surface area contributed by atoms with Gasteiger partial charge in [0.15, 0.2) is 0 Å². The number of hydrogen-bond acceptors (Lipinski definition) is 3. The molecule has 0 amide bonds. The molecule has 1 N–H and O–H groups in total. The Morgan fingerprint density at radius 3 is 2.29 bits per heavy atom. The molecule has 146 valence electrons. The Morgan fingerprint density at radius 2 is 1.75 bits per heavy atom. The molecule has 8 heteroatoms. The Balaban J connectivity index is 1.65. The van der Waals surface area contributed by atoms with Crippen LogP contribution in [-0.2, 0) is 18.3 Å². The van der Waals surface area contributed by atoms with Gasteiger partial charge in [-0.05, 0) is 48.1 Å². The van der Waals surface area contributed by atoms with Crippen molar-refractivity contribution in [1.82, 2.24) is 14.8 Å². The van der Waals surface area contributed by atoms with Crippen molar-refractivity contribution in [1.29, 1.82) is 0 Å². The summed E-state index contributed by atoms with van der Waals surface area (Å²) in [7, 11) is 0. The summed E-state index contributed by atoms with van der Waals surface area (Å²) in [5.41, 5.74) is 0.00973. The highest BCUT2D eigenvalue weighted by Crippen LogP contribution is 2.49. The molecule has 1 atom stereocenters. The third-order valence-electron chi connectivity index (χ3n) is 5.10. The molecule has 4 nitrogen and oxygen atoms in total. The Bertz CT molecular complexity index is 969. The minimum atomic E-state index is -4.37. The van der Waals surface area contributed by atoms with Gasteiger partial charge in [-0.1, -0.05) is 35.9 Å². The molecule has 1 fully saturated rings. The Kier molecular flexibility index (Phi) is 4.67. The monoisotopic (exact) mass is 407 g/mol. The van der Waals surface area contributed by atoms with Crippen LogP contribution in [-0.4, -0.2) is 19.9 Å². The normalized spacial score (nSPS) is 16.8. The molecule has 1 aliphatic rings. The van der Waals surface area contributed by atoms with Gasteiger partial charge in [0.2, 0.25) is 0 Å². The van der Waals surface area contributed by atoms with E-state index in [0.717, 1.165) is 25.0 Å². The van der Waals surface area contributed by atoms with E-state index in [-0.39, 0.29) is 12.5 Å². The lowest BCUT2D eigenvalue weighted by Crippen LogP contribution is -2.34. The van der Waals surface area contributed by atoms with Crippen LogP contribution < -0.4 is 0 Å². The van der Waals surface area contributed by atoms with Crippen molar-refractivity contribution in [2.24, 2.45) is 5.92 Å². The summed E-state index contributed by atoms with van der Waals surface area (Å²) in [4.78, 5) is 3.91. The van der Waals surface area contributed by atoms with Crippen LogP contribution in [0.25, 0.3) is 11.1 Å². The van der Waals surface area contributed by atoms with Crippen LogP contribution in [0, 0.1) is 5.92 Å². The highest BCUT2D eigenvalue weighted by Gasteiger charge is 2.46. The quantitative estimate of drug-likeness (QED) is 0.653. The van der Waals surface area contributed by atoms with Crippen LogP contribution in [0.2, 0.25) is 5.02 Å². The molecule has 1 unspecified atom stereocenters. The molecule has 0 saturated heterocycles. The number of benzene rings is 2. The summed E-state index contributed by atoms with van der Waals surface area (Å²) in [6, 6.07) is 10.1. The van der Waals surface area contributed by atoms with Crippen LogP contribution >= 0.6 is 11.6 Å². The molecule has 1 saturated carbocycles. The lowest BCUT2D eigenvalue weighted by molar-refractivity contribution is -0.137. The number of alkyl halides is 3. The predicted octanol–water partition coefficient (Wildman–Crippen LogP) is 4.92. The molecule has 3 aromatic rings. The van der Waals surface area contributed by atoms with Crippen molar-refractivity contribution < 1.29 is 18.3 Å². The van der Waals surface area contributed by atoms with Gasteiger partial charge >= 0.3 is 6.18 Å². The van der Waals surface area contributed by atoms with E-state index in [1.807, 2.05) is 0 Å². The van der Waals surface area contributed by atoms with Gasteiger partial charge in [0.05, 0.1) is 12.1 Å². The zero-order chi connectivity index (χ0) is 19.9. The number of halogens is 4. The smallest absolute Gasteiger partial charge is 0.383 e. The molecule has 0 bridgehead atoms. The zero-order valence-electron chi connectivity index (χ0n) is 14.7. The van der Waals surface area contributed by atoms with Gasteiger partial charge in [0.25, 0.3) is 0 Å². The van der Waals surface area contributed by atoms with Crippen molar-refractivity contribution >= 4 is 11.6 Å². The first-order chi connectivity index (χ1) is 13.3. The second-order valence-electron chi connectivity index (χ2n) is 7.06. The number of aliphatic hydroxyl groups is 1. The maximum Gasteiger partial charge on any atom is 0.416 e. The molecule has 0 radical (unpaired) electrons.